The van der Waals surface area contributed by atoms with Crippen molar-refractivity contribution >= 4 is 23.6 Å². The summed E-state index contributed by atoms with van der Waals surface area (Å²) in [6, 6.07) is 6.50. The van der Waals surface area contributed by atoms with Gasteiger partial charge in [0.25, 0.3) is 5.91 Å². The van der Waals surface area contributed by atoms with Crippen molar-refractivity contribution in [1.29, 1.82) is 0 Å². The summed E-state index contributed by atoms with van der Waals surface area (Å²) < 4.78 is 0. The molecule has 6 nitrogen and oxygen atoms in total. The van der Waals surface area contributed by atoms with Crippen molar-refractivity contribution in [2.24, 2.45) is 0 Å². The number of fused-ring (bicyclic) bond motifs is 2. The summed E-state index contributed by atoms with van der Waals surface area (Å²) in [5.41, 5.74) is -0.942. The summed E-state index contributed by atoms with van der Waals surface area (Å²) >= 11 is 0. The lowest BCUT2D eigenvalue weighted by atomic mass is 9.72. The number of carbonyl (C=O) groups excluding carboxylic acids is 4. The van der Waals surface area contributed by atoms with Crippen LogP contribution in [0.2, 0.25) is 0 Å². The maximum Gasteiger partial charge on any atom is 0.260 e. The zero-order chi connectivity index (χ0) is 15.2. The van der Waals surface area contributed by atoms with E-state index in [0.29, 0.717) is 17.5 Å². The van der Waals surface area contributed by atoms with Gasteiger partial charge in [-0.1, -0.05) is 25.1 Å². The second-order valence-corrected chi connectivity index (χ2v) is 5.27. The lowest BCUT2D eigenvalue weighted by molar-refractivity contribution is -0.141. The molecule has 0 aliphatic carbocycles. The molecule has 0 bridgehead atoms. The molecule has 1 spiro atoms. The number of nitrogens with one attached hydrogen (secondary N) is 1. The van der Waals surface area contributed by atoms with Crippen LogP contribution in [-0.2, 0) is 19.8 Å². The highest BCUT2D eigenvalue weighted by Gasteiger charge is 2.60. The van der Waals surface area contributed by atoms with Gasteiger partial charge in [0.2, 0.25) is 17.7 Å². The van der Waals surface area contributed by atoms with E-state index in [0.717, 1.165) is 4.90 Å². The van der Waals surface area contributed by atoms with Gasteiger partial charge in [-0.25, -0.2) is 0 Å². The van der Waals surface area contributed by atoms with E-state index in [9.17, 15) is 19.2 Å². The minimum atomic E-state index is -1.59. The third-order valence-electron chi connectivity index (χ3n) is 3.99. The molecule has 0 radical (unpaired) electrons. The van der Waals surface area contributed by atoms with Gasteiger partial charge in [-0.2, -0.15) is 0 Å². The van der Waals surface area contributed by atoms with Crippen LogP contribution in [0.4, 0.5) is 0 Å². The molecule has 6 heteroatoms. The Hall–Kier alpha value is -2.50. The van der Waals surface area contributed by atoms with Gasteiger partial charge in [0.1, 0.15) is 0 Å². The Labute approximate surface area is 121 Å². The molecule has 1 unspecified atom stereocenters. The number of carbonyl (C=O) groups is 4. The monoisotopic (exact) mass is 286 g/mol. The summed E-state index contributed by atoms with van der Waals surface area (Å²) in [5.74, 6) is -2.14. The van der Waals surface area contributed by atoms with Gasteiger partial charge in [-0.15, -0.1) is 0 Å². The zero-order valence-corrected chi connectivity index (χ0v) is 11.5. The van der Waals surface area contributed by atoms with Crippen LogP contribution in [0.3, 0.4) is 0 Å². The van der Waals surface area contributed by atoms with E-state index < -0.39 is 29.0 Å². The Morgan fingerprint density at radius 3 is 2.52 bits per heavy atom. The van der Waals surface area contributed by atoms with E-state index in [2.05, 4.69) is 5.32 Å². The predicted octanol–water partition coefficient (Wildman–Crippen LogP) is 0.363. The van der Waals surface area contributed by atoms with Crippen molar-refractivity contribution in [3.05, 3.63) is 35.4 Å². The van der Waals surface area contributed by atoms with Gasteiger partial charge in [-0.3, -0.25) is 29.4 Å². The Kier molecular flexibility index (Phi) is 2.90. The fraction of sp³-hybridized carbons (Fsp3) is 0.333. The van der Waals surface area contributed by atoms with Crippen molar-refractivity contribution in [3.8, 4) is 0 Å². The molecule has 21 heavy (non-hydrogen) atoms. The summed E-state index contributed by atoms with van der Waals surface area (Å²) in [7, 11) is 0. The molecule has 1 fully saturated rings. The van der Waals surface area contributed by atoms with E-state index in [4.69, 9.17) is 0 Å². The normalized spacial score (nSPS) is 24.5. The number of nitrogens with zero attached hydrogens (tertiary/aromatic N) is 1. The fourth-order valence-corrected chi connectivity index (χ4v) is 3.04. The topological polar surface area (TPSA) is 83.6 Å². The molecule has 4 amide bonds. The molecule has 2 aliphatic rings. The zero-order valence-electron chi connectivity index (χ0n) is 11.5. The first kappa shape index (κ1) is 13.5. The predicted molar refractivity (Wildman–Crippen MR) is 72.2 cm³/mol. The third kappa shape index (κ3) is 1.65. The maximum atomic E-state index is 12.8. The average molecular weight is 286 g/mol. The Bertz CT molecular complexity index is 682. The molecule has 1 saturated heterocycles. The molecule has 1 aromatic rings. The molecule has 1 atom stereocenters. The molecule has 108 valence electrons. The van der Waals surface area contributed by atoms with Crippen LogP contribution in [0.25, 0.3) is 0 Å². The second-order valence-electron chi connectivity index (χ2n) is 5.27. The summed E-state index contributed by atoms with van der Waals surface area (Å²) in [6.45, 7) is 2.07. The first-order chi connectivity index (χ1) is 10.0. The van der Waals surface area contributed by atoms with Crippen molar-refractivity contribution < 1.29 is 19.2 Å². The lowest BCUT2D eigenvalue weighted by Crippen LogP contribution is -2.57. The molecular formula is C15H14N2O4. The highest BCUT2D eigenvalue weighted by molar-refractivity contribution is 6.28. The average Bonchev–Trinajstić information content (AvgIpc) is 2.77. The highest BCUT2D eigenvalue weighted by atomic mass is 16.2. The Morgan fingerprint density at radius 1 is 1.19 bits per heavy atom. The molecule has 3 rings (SSSR count). The molecule has 0 aromatic heterocycles. The second kappa shape index (κ2) is 4.51. The first-order valence-electron chi connectivity index (χ1n) is 6.82. The van der Waals surface area contributed by atoms with Crippen molar-refractivity contribution in [3.63, 3.8) is 0 Å². The van der Waals surface area contributed by atoms with E-state index in [-0.39, 0.29) is 13.0 Å². The van der Waals surface area contributed by atoms with Crippen LogP contribution in [0, 0.1) is 0 Å². The van der Waals surface area contributed by atoms with E-state index >= 15 is 0 Å². The summed E-state index contributed by atoms with van der Waals surface area (Å²) in [4.78, 5) is 50.2. The minimum Gasteiger partial charge on any atom is -0.295 e. The quantitative estimate of drug-likeness (QED) is 0.628. The lowest BCUT2D eigenvalue weighted by Gasteiger charge is -2.37. The van der Waals surface area contributed by atoms with Gasteiger partial charge in [0, 0.05) is 12.1 Å². The maximum absolute atomic E-state index is 12.8. The fourth-order valence-electron chi connectivity index (χ4n) is 3.04. The third-order valence-corrected chi connectivity index (χ3v) is 3.99. The Morgan fingerprint density at radius 2 is 1.90 bits per heavy atom. The number of hydrogen-bond donors (Lipinski definition) is 1. The number of amides is 4. The van der Waals surface area contributed by atoms with E-state index in [1.807, 2.05) is 6.92 Å². The number of hydrogen-bond acceptors (Lipinski definition) is 4. The summed E-state index contributed by atoms with van der Waals surface area (Å²) in [6.07, 6.45) is 0.348. The van der Waals surface area contributed by atoms with Crippen molar-refractivity contribution in [2.75, 3.05) is 6.54 Å². The standard InChI is InChI=1S/C15H14N2O4/c1-2-7-17-12(19)9-5-3-4-6-10(9)15(14(17)21)8-11(18)16-13(15)20/h3-6H,2,7-8H2,1H3,(H,16,18,20). The van der Waals surface area contributed by atoms with E-state index in [1.165, 1.54) is 0 Å². The van der Waals surface area contributed by atoms with Gasteiger partial charge in [0.05, 0.1) is 6.42 Å². The molecule has 2 heterocycles. The molecular weight excluding hydrogens is 272 g/mol. The van der Waals surface area contributed by atoms with E-state index in [1.54, 1.807) is 24.3 Å². The molecule has 1 aromatic carbocycles. The number of benzene rings is 1. The molecule has 0 saturated carbocycles. The van der Waals surface area contributed by atoms with Gasteiger partial charge < -0.3 is 0 Å². The Balaban J connectivity index is 2.26. The van der Waals surface area contributed by atoms with Gasteiger partial charge >= 0.3 is 0 Å². The molecule has 1 N–H and O–H groups in total. The van der Waals surface area contributed by atoms with Gasteiger partial charge in [-0.05, 0) is 18.1 Å². The van der Waals surface area contributed by atoms with Crippen LogP contribution in [0.1, 0.15) is 35.7 Å². The SMILES string of the molecule is CCCN1C(=O)c2ccccc2C2(CC(=O)NC2=O)C1=O. The first-order valence-corrected chi connectivity index (χ1v) is 6.82. The smallest absolute Gasteiger partial charge is 0.260 e. The van der Waals surface area contributed by atoms with Crippen LogP contribution < -0.4 is 5.32 Å². The van der Waals surface area contributed by atoms with Crippen LogP contribution >= 0.6 is 0 Å². The van der Waals surface area contributed by atoms with Crippen LogP contribution in [-0.4, -0.2) is 35.1 Å². The number of imide groups is 2. The largest absolute Gasteiger partial charge is 0.295 e. The minimum absolute atomic E-state index is 0.231. The van der Waals surface area contributed by atoms with Crippen molar-refractivity contribution in [2.45, 2.75) is 25.2 Å². The van der Waals surface area contributed by atoms with Crippen LogP contribution in [0.5, 0.6) is 0 Å². The van der Waals surface area contributed by atoms with Gasteiger partial charge in [0.15, 0.2) is 5.41 Å². The number of rotatable bonds is 2. The highest BCUT2D eigenvalue weighted by Crippen LogP contribution is 2.40. The van der Waals surface area contributed by atoms with Crippen LogP contribution in [0.15, 0.2) is 24.3 Å². The summed E-state index contributed by atoms with van der Waals surface area (Å²) in [5, 5.41) is 2.19. The van der Waals surface area contributed by atoms with Crippen molar-refractivity contribution in [1.82, 2.24) is 10.2 Å². The molecule has 2 aliphatic heterocycles.